The van der Waals surface area contributed by atoms with E-state index >= 15 is 0 Å². The number of nitriles is 1. The summed E-state index contributed by atoms with van der Waals surface area (Å²) < 4.78 is 1.81. The fourth-order valence-corrected chi connectivity index (χ4v) is 2.39. The number of fused-ring (bicyclic) bond motifs is 1. The molecule has 0 spiro atoms. The fourth-order valence-electron chi connectivity index (χ4n) is 2.39. The zero-order valence-corrected chi connectivity index (χ0v) is 11.6. The molecule has 3 rings (SSSR count). The lowest BCUT2D eigenvalue weighted by Crippen LogP contribution is -2.13. The van der Waals surface area contributed by atoms with Crippen molar-refractivity contribution in [2.24, 2.45) is 0 Å². The van der Waals surface area contributed by atoms with Crippen LogP contribution in [0.2, 0.25) is 0 Å². The third-order valence-corrected chi connectivity index (χ3v) is 3.55. The van der Waals surface area contributed by atoms with E-state index in [4.69, 9.17) is 5.26 Å². The average Bonchev–Trinajstić information content (AvgIpc) is 2.52. The second-order valence-corrected chi connectivity index (χ2v) is 4.94. The molecule has 0 fully saturated rings. The summed E-state index contributed by atoms with van der Waals surface area (Å²) in [6.07, 6.45) is 1.35. The quantitative estimate of drug-likeness (QED) is 0.722. The second kappa shape index (κ2) is 5.22. The van der Waals surface area contributed by atoms with Crippen molar-refractivity contribution in [3.05, 3.63) is 75.6 Å². The SMILES string of the molecule is Cc1cc(C#N)ccc1Cn1ncc(=O)c2ccccc21. The van der Waals surface area contributed by atoms with Gasteiger partial charge in [-0.15, -0.1) is 0 Å². The molecule has 3 aromatic rings. The van der Waals surface area contributed by atoms with Gasteiger partial charge >= 0.3 is 0 Å². The zero-order valence-electron chi connectivity index (χ0n) is 11.6. The van der Waals surface area contributed by atoms with Crippen molar-refractivity contribution in [2.75, 3.05) is 0 Å². The average molecular weight is 275 g/mol. The van der Waals surface area contributed by atoms with Crippen LogP contribution in [0.3, 0.4) is 0 Å². The van der Waals surface area contributed by atoms with Gasteiger partial charge in [-0.3, -0.25) is 9.48 Å². The van der Waals surface area contributed by atoms with Crippen molar-refractivity contribution in [1.29, 1.82) is 5.26 Å². The summed E-state index contributed by atoms with van der Waals surface area (Å²) in [7, 11) is 0. The first kappa shape index (κ1) is 13.1. The van der Waals surface area contributed by atoms with E-state index in [1.54, 1.807) is 6.07 Å². The van der Waals surface area contributed by atoms with Crippen LogP contribution in [0.4, 0.5) is 0 Å². The molecule has 0 aliphatic carbocycles. The van der Waals surface area contributed by atoms with Gasteiger partial charge in [0.1, 0.15) is 0 Å². The first-order chi connectivity index (χ1) is 10.2. The number of benzene rings is 2. The van der Waals surface area contributed by atoms with Crippen LogP contribution in [0.25, 0.3) is 10.9 Å². The van der Waals surface area contributed by atoms with Gasteiger partial charge in [0.05, 0.1) is 29.9 Å². The Morgan fingerprint density at radius 2 is 2.05 bits per heavy atom. The Morgan fingerprint density at radius 1 is 1.24 bits per heavy atom. The van der Waals surface area contributed by atoms with Gasteiger partial charge in [-0.05, 0) is 42.3 Å². The van der Waals surface area contributed by atoms with Crippen LogP contribution in [0.5, 0.6) is 0 Å². The normalized spacial score (nSPS) is 10.5. The Kier molecular flexibility index (Phi) is 3.25. The molecule has 4 heteroatoms. The van der Waals surface area contributed by atoms with E-state index in [-0.39, 0.29) is 5.43 Å². The third-order valence-electron chi connectivity index (χ3n) is 3.55. The molecule has 1 aromatic heterocycles. The molecule has 0 atom stereocenters. The molecule has 0 radical (unpaired) electrons. The smallest absolute Gasteiger partial charge is 0.207 e. The molecule has 102 valence electrons. The molecule has 0 aliphatic heterocycles. The summed E-state index contributed by atoms with van der Waals surface area (Å²) in [6.45, 7) is 2.54. The highest BCUT2D eigenvalue weighted by molar-refractivity contribution is 5.78. The van der Waals surface area contributed by atoms with Gasteiger partial charge in [-0.2, -0.15) is 10.4 Å². The van der Waals surface area contributed by atoms with Crippen molar-refractivity contribution in [3.8, 4) is 6.07 Å². The number of aromatic nitrogens is 2. The predicted octanol–water partition coefficient (Wildman–Crippen LogP) is 2.62. The molecule has 2 aromatic carbocycles. The summed E-state index contributed by atoms with van der Waals surface area (Å²) in [5.74, 6) is 0. The number of hydrogen-bond acceptors (Lipinski definition) is 3. The van der Waals surface area contributed by atoms with Crippen LogP contribution in [-0.2, 0) is 6.54 Å². The first-order valence-corrected chi connectivity index (χ1v) is 6.63. The number of aryl methyl sites for hydroxylation is 1. The maximum Gasteiger partial charge on any atom is 0.207 e. The lowest BCUT2D eigenvalue weighted by atomic mass is 10.1. The van der Waals surface area contributed by atoms with Crippen LogP contribution in [0.15, 0.2) is 53.5 Å². The van der Waals surface area contributed by atoms with Gasteiger partial charge in [0.15, 0.2) is 0 Å². The molecule has 0 aliphatic rings. The lowest BCUT2D eigenvalue weighted by molar-refractivity contribution is 0.692. The number of nitrogens with zero attached hydrogens (tertiary/aromatic N) is 3. The molecule has 0 bridgehead atoms. The summed E-state index contributed by atoms with van der Waals surface area (Å²) in [6, 6.07) is 15.2. The van der Waals surface area contributed by atoms with Gasteiger partial charge in [-0.1, -0.05) is 18.2 Å². The fraction of sp³-hybridized carbons (Fsp3) is 0.118. The van der Waals surface area contributed by atoms with Crippen LogP contribution in [-0.4, -0.2) is 9.78 Å². The molecule has 4 nitrogen and oxygen atoms in total. The summed E-state index contributed by atoms with van der Waals surface area (Å²) in [5, 5.41) is 13.8. The largest absolute Gasteiger partial charge is 0.287 e. The molecule has 21 heavy (non-hydrogen) atoms. The molecular weight excluding hydrogens is 262 g/mol. The monoisotopic (exact) mass is 275 g/mol. The van der Waals surface area contributed by atoms with Crippen molar-refractivity contribution in [1.82, 2.24) is 9.78 Å². The van der Waals surface area contributed by atoms with Gasteiger partial charge in [0, 0.05) is 5.39 Å². The standard InChI is InChI=1S/C17H13N3O/c1-12-8-13(9-18)6-7-14(12)11-20-16-5-3-2-4-15(16)17(21)10-19-20/h2-8,10H,11H2,1H3. The molecule has 1 heterocycles. The topological polar surface area (TPSA) is 58.7 Å². The molecular formula is C17H13N3O. The van der Waals surface area contributed by atoms with E-state index in [2.05, 4.69) is 11.2 Å². The van der Waals surface area contributed by atoms with Gasteiger partial charge < -0.3 is 0 Å². The lowest BCUT2D eigenvalue weighted by Gasteiger charge is -2.11. The maximum atomic E-state index is 11.8. The Balaban J connectivity index is 2.09. The van der Waals surface area contributed by atoms with Crippen LogP contribution < -0.4 is 5.43 Å². The van der Waals surface area contributed by atoms with Gasteiger partial charge in [0.25, 0.3) is 0 Å². The summed E-state index contributed by atoms with van der Waals surface area (Å²) >= 11 is 0. The molecule has 0 saturated carbocycles. The van der Waals surface area contributed by atoms with E-state index in [0.29, 0.717) is 17.5 Å². The Bertz CT molecular complexity index is 919. The zero-order chi connectivity index (χ0) is 14.8. The van der Waals surface area contributed by atoms with E-state index in [1.807, 2.05) is 48.0 Å². The Morgan fingerprint density at radius 3 is 2.81 bits per heavy atom. The van der Waals surface area contributed by atoms with E-state index < -0.39 is 0 Å². The third kappa shape index (κ3) is 2.41. The van der Waals surface area contributed by atoms with Gasteiger partial charge in [0.2, 0.25) is 5.43 Å². The second-order valence-electron chi connectivity index (χ2n) is 4.94. The number of para-hydroxylation sites is 1. The molecule has 0 saturated heterocycles. The van der Waals surface area contributed by atoms with Crippen molar-refractivity contribution >= 4 is 10.9 Å². The minimum absolute atomic E-state index is 0.0709. The van der Waals surface area contributed by atoms with Crippen LogP contribution >= 0.6 is 0 Å². The highest BCUT2D eigenvalue weighted by Crippen LogP contribution is 2.14. The van der Waals surface area contributed by atoms with Crippen LogP contribution in [0, 0.1) is 18.3 Å². The van der Waals surface area contributed by atoms with Crippen molar-refractivity contribution in [2.45, 2.75) is 13.5 Å². The van der Waals surface area contributed by atoms with E-state index in [9.17, 15) is 4.79 Å². The number of hydrogen-bond donors (Lipinski definition) is 0. The van der Waals surface area contributed by atoms with Gasteiger partial charge in [-0.25, -0.2) is 0 Å². The Labute approximate surface area is 121 Å². The summed E-state index contributed by atoms with van der Waals surface area (Å²) in [4.78, 5) is 11.8. The van der Waals surface area contributed by atoms with Crippen LogP contribution in [0.1, 0.15) is 16.7 Å². The molecule has 0 amide bonds. The maximum absolute atomic E-state index is 11.8. The van der Waals surface area contributed by atoms with Crippen molar-refractivity contribution < 1.29 is 0 Å². The minimum Gasteiger partial charge on any atom is -0.287 e. The predicted molar refractivity (Wildman–Crippen MR) is 81.0 cm³/mol. The first-order valence-electron chi connectivity index (χ1n) is 6.63. The highest BCUT2D eigenvalue weighted by atomic mass is 16.1. The van der Waals surface area contributed by atoms with Crippen molar-refractivity contribution in [3.63, 3.8) is 0 Å². The molecule has 0 N–H and O–H groups in total. The minimum atomic E-state index is -0.0709. The van der Waals surface area contributed by atoms with E-state index in [1.165, 1.54) is 6.20 Å². The number of rotatable bonds is 2. The highest BCUT2D eigenvalue weighted by Gasteiger charge is 2.06. The summed E-state index contributed by atoms with van der Waals surface area (Å²) in [5.41, 5.74) is 3.51. The Hall–Kier alpha value is -2.93. The van der Waals surface area contributed by atoms with E-state index in [0.717, 1.165) is 16.6 Å². The molecule has 0 unspecified atom stereocenters.